The second-order valence-corrected chi connectivity index (χ2v) is 9.18. The van der Waals surface area contributed by atoms with E-state index < -0.39 is 11.7 Å². The second kappa shape index (κ2) is 8.89. The lowest BCUT2D eigenvalue weighted by molar-refractivity contribution is -0.137. The summed E-state index contributed by atoms with van der Waals surface area (Å²) < 4.78 is 38.6. The van der Waals surface area contributed by atoms with Gasteiger partial charge >= 0.3 is 6.18 Å². The summed E-state index contributed by atoms with van der Waals surface area (Å²) in [5.74, 6) is 0.531. The Morgan fingerprint density at radius 1 is 0.971 bits per heavy atom. The molecule has 0 radical (unpaired) electrons. The smallest absolute Gasteiger partial charge is 0.355 e. The zero-order valence-electron chi connectivity index (χ0n) is 19.2. The van der Waals surface area contributed by atoms with Crippen molar-refractivity contribution in [3.8, 4) is 0 Å². The average Bonchev–Trinajstić information content (AvgIpc) is 3.08. The number of amides is 1. The number of fused-ring (bicyclic) bond motifs is 2. The number of carbonyl (C=O) groups excluding carboxylic acids is 1. The monoisotopic (exact) mass is 468 g/mol. The molecule has 178 valence electrons. The molecule has 0 atom stereocenters. The Bertz CT molecular complexity index is 1220. The van der Waals surface area contributed by atoms with Crippen LogP contribution >= 0.6 is 0 Å². The normalized spacial score (nSPS) is 16.9. The molecule has 3 heterocycles. The number of pyridine rings is 2. The predicted octanol–water partition coefficient (Wildman–Crippen LogP) is 5.19. The maximum Gasteiger partial charge on any atom is 0.417 e. The molecule has 0 bridgehead atoms. The highest BCUT2D eigenvalue weighted by Gasteiger charge is 2.31. The number of hydrogen-bond acceptors (Lipinski definition) is 4. The summed E-state index contributed by atoms with van der Waals surface area (Å²) in [6, 6.07) is 8.56. The summed E-state index contributed by atoms with van der Waals surface area (Å²) in [7, 11) is 0. The number of aromatic nitrogens is 2. The number of rotatable bonds is 2. The van der Waals surface area contributed by atoms with Gasteiger partial charge in [-0.2, -0.15) is 13.2 Å². The van der Waals surface area contributed by atoms with E-state index in [0.29, 0.717) is 32.0 Å². The van der Waals surface area contributed by atoms with Crippen molar-refractivity contribution in [2.75, 3.05) is 31.1 Å². The van der Waals surface area contributed by atoms with Crippen molar-refractivity contribution in [3.63, 3.8) is 0 Å². The molecule has 0 N–H and O–H groups in total. The lowest BCUT2D eigenvalue weighted by atomic mass is 9.89. The van der Waals surface area contributed by atoms with Crippen LogP contribution in [0.15, 0.2) is 36.5 Å². The van der Waals surface area contributed by atoms with Crippen molar-refractivity contribution in [3.05, 3.63) is 64.5 Å². The van der Waals surface area contributed by atoms with E-state index in [1.807, 2.05) is 28.9 Å². The first kappa shape index (κ1) is 22.6. The first-order chi connectivity index (χ1) is 16.3. The van der Waals surface area contributed by atoms with Gasteiger partial charge in [0.15, 0.2) is 0 Å². The first-order valence-corrected chi connectivity index (χ1v) is 11.8. The Labute approximate surface area is 196 Å². The zero-order chi connectivity index (χ0) is 23.9. The van der Waals surface area contributed by atoms with E-state index in [1.54, 1.807) is 0 Å². The molecule has 1 amide bonds. The maximum atomic E-state index is 13.9. The van der Waals surface area contributed by atoms with Crippen LogP contribution in [0.5, 0.6) is 0 Å². The van der Waals surface area contributed by atoms with E-state index >= 15 is 0 Å². The number of alkyl halides is 3. The Balaban J connectivity index is 1.41. The van der Waals surface area contributed by atoms with Crippen LogP contribution in [0.25, 0.3) is 10.9 Å². The van der Waals surface area contributed by atoms with Crippen LogP contribution in [0.4, 0.5) is 19.0 Å². The quantitative estimate of drug-likeness (QED) is 0.520. The average molecular weight is 469 g/mol. The van der Waals surface area contributed by atoms with Gasteiger partial charge in [-0.1, -0.05) is 11.6 Å². The molecule has 1 aromatic carbocycles. The minimum Gasteiger partial charge on any atom is -0.355 e. The van der Waals surface area contributed by atoms with E-state index in [9.17, 15) is 18.0 Å². The van der Waals surface area contributed by atoms with Crippen LogP contribution < -0.4 is 4.90 Å². The predicted molar refractivity (Wildman–Crippen MR) is 125 cm³/mol. The lowest BCUT2D eigenvalue weighted by Gasteiger charge is -2.26. The topological polar surface area (TPSA) is 49.3 Å². The largest absolute Gasteiger partial charge is 0.417 e. The molecule has 3 aromatic rings. The summed E-state index contributed by atoms with van der Waals surface area (Å²) in [6.07, 6.45) is 1.09. The van der Waals surface area contributed by atoms with Gasteiger partial charge in [0, 0.05) is 43.5 Å². The van der Waals surface area contributed by atoms with Crippen LogP contribution in [-0.2, 0) is 19.0 Å². The Morgan fingerprint density at radius 3 is 2.56 bits per heavy atom. The molecule has 8 heteroatoms. The van der Waals surface area contributed by atoms with E-state index in [-0.39, 0.29) is 5.91 Å². The van der Waals surface area contributed by atoms with Crippen LogP contribution in [0.3, 0.4) is 0 Å². The fourth-order valence-electron chi connectivity index (χ4n) is 5.03. The summed E-state index contributed by atoms with van der Waals surface area (Å²) in [6.45, 7) is 4.27. The van der Waals surface area contributed by atoms with Gasteiger partial charge in [-0.3, -0.25) is 9.78 Å². The number of benzene rings is 1. The highest BCUT2D eigenvalue weighted by Crippen LogP contribution is 2.32. The van der Waals surface area contributed by atoms with Crippen molar-refractivity contribution in [2.24, 2.45) is 0 Å². The van der Waals surface area contributed by atoms with Gasteiger partial charge in [0.05, 0.1) is 16.6 Å². The molecule has 1 saturated heterocycles. The molecule has 34 heavy (non-hydrogen) atoms. The van der Waals surface area contributed by atoms with Gasteiger partial charge in [0.25, 0.3) is 5.91 Å². The molecule has 0 unspecified atom stereocenters. The highest BCUT2D eigenvalue weighted by atomic mass is 19.4. The molecule has 2 aliphatic rings. The van der Waals surface area contributed by atoms with Gasteiger partial charge in [-0.05, 0) is 68.9 Å². The van der Waals surface area contributed by atoms with E-state index in [0.717, 1.165) is 77.7 Å². The third-order valence-electron chi connectivity index (χ3n) is 6.81. The standard InChI is InChI=1S/C26H27F3N4O/c1-17-7-9-22-20(15-17)24(19-5-2-3-6-21(19)31-22)25(34)33-12-4-11-32(13-14-33)23-10-8-18(16-30-23)26(27,28)29/h7-10,15-16H,2-6,11-14H2,1H3. The fraction of sp³-hybridized carbons (Fsp3) is 0.423. The zero-order valence-corrected chi connectivity index (χ0v) is 19.2. The second-order valence-electron chi connectivity index (χ2n) is 9.18. The summed E-state index contributed by atoms with van der Waals surface area (Å²) >= 11 is 0. The van der Waals surface area contributed by atoms with Gasteiger partial charge < -0.3 is 9.80 Å². The Kier molecular flexibility index (Phi) is 5.91. The number of carbonyl (C=O) groups is 1. The summed E-state index contributed by atoms with van der Waals surface area (Å²) in [4.78, 5) is 26.6. The van der Waals surface area contributed by atoms with Crippen molar-refractivity contribution in [1.82, 2.24) is 14.9 Å². The van der Waals surface area contributed by atoms with Gasteiger partial charge in [0.1, 0.15) is 5.82 Å². The third kappa shape index (κ3) is 4.33. The van der Waals surface area contributed by atoms with Crippen molar-refractivity contribution >= 4 is 22.6 Å². The number of nitrogens with zero attached hydrogens (tertiary/aromatic N) is 4. The lowest BCUT2D eigenvalue weighted by Crippen LogP contribution is -2.36. The van der Waals surface area contributed by atoms with E-state index in [2.05, 4.69) is 11.1 Å². The van der Waals surface area contributed by atoms with Gasteiger partial charge in [0.2, 0.25) is 0 Å². The molecular formula is C26H27F3N4O. The molecule has 2 aromatic heterocycles. The van der Waals surface area contributed by atoms with Crippen molar-refractivity contribution < 1.29 is 18.0 Å². The highest BCUT2D eigenvalue weighted by molar-refractivity contribution is 6.08. The number of anilines is 1. The molecule has 1 fully saturated rings. The first-order valence-electron chi connectivity index (χ1n) is 11.8. The Morgan fingerprint density at radius 2 is 1.79 bits per heavy atom. The minimum absolute atomic E-state index is 0.0263. The third-order valence-corrected chi connectivity index (χ3v) is 6.81. The molecule has 1 aliphatic carbocycles. The van der Waals surface area contributed by atoms with E-state index in [4.69, 9.17) is 4.98 Å². The molecule has 5 rings (SSSR count). The molecule has 1 aliphatic heterocycles. The van der Waals surface area contributed by atoms with Crippen molar-refractivity contribution in [1.29, 1.82) is 0 Å². The minimum atomic E-state index is -4.40. The number of halogens is 3. The summed E-state index contributed by atoms with van der Waals surface area (Å²) in [5.41, 5.74) is 4.10. The molecule has 5 nitrogen and oxygen atoms in total. The number of hydrogen-bond donors (Lipinski definition) is 0. The molecule has 0 spiro atoms. The molecule has 0 saturated carbocycles. The maximum absolute atomic E-state index is 13.9. The SMILES string of the molecule is Cc1ccc2nc3c(c(C(=O)N4CCCN(c5ccc(C(F)(F)F)cn5)CC4)c2c1)CCCC3. The summed E-state index contributed by atoms with van der Waals surface area (Å²) in [5, 5.41) is 0.913. The molecular weight excluding hydrogens is 441 g/mol. The fourth-order valence-corrected chi connectivity index (χ4v) is 5.03. The van der Waals surface area contributed by atoms with Crippen LogP contribution in [0.1, 0.15) is 52.0 Å². The van der Waals surface area contributed by atoms with E-state index in [1.165, 1.54) is 6.07 Å². The van der Waals surface area contributed by atoms with Crippen LogP contribution in [0.2, 0.25) is 0 Å². The van der Waals surface area contributed by atoms with Crippen molar-refractivity contribution in [2.45, 2.75) is 45.2 Å². The Hall–Kier alpha value is -3.16. The van der Waals surface area contributed by atoms with Gasteiger partial charge in [-0.15, -0.1) is 0 Å². The van der Waals surface area contributed by atoms with Gasteiger partial charge in [-0.25, -0.2) is 4.98 Å². The van der Waals surface area contributed by atoms with Crippen LogP contribution in [-0.4, -0.2) is 47.0 Å². The number of aryl methyl sites for hydroxylation is 2. The van der Waals surface area contributed by atoms with Crippen LogP contribution in [0, 0.1) is 6.92 Å².